The highest BCUT2D eigenvalue weighted by atomic mass is 19.1. The predicted molar refractivity (Wildman–Crippen MR) is 92.5 cm³/mol. The van der Waals surface area contributed by atoms with E-state index in [0.29, 0.717) is 18.1 Å². The van der Waals surface area contributed by atoms with Crippen molar-refractivity contribution < 1.29 is 4.39 Å². The Bertz CT molecular complexity index is 821. The number of anilines is 1. The first-order valence-electron chi connectivity index (χ1n) is 8.14. The number of nitrogens with one attached hydrogen (secondary N) is 3. The fourth-order valence-corrected chi connectivity index (χ4v) is 2.73. The quantitative estimate of drug-likeness (QED) is 0.681. The molecule has 1 fully saturated rings. The third-order valence-electron chi connectivity index (χ3n) is 4.03. The normalized spacial score (nSPS) is 14.4. The van der Waals surface area contributed by atoms with Gasteiger partial charge in [0.15, 0.2) is 0 Å². The van der Waals surface area contributed by atoms with Crippen molar-refractivity contribution in [3.05, 3.63) is 46.0 Å². The molecule has 1 aliphatic heterocycles. The van der Waals surface area contributed by atoms with E-state index >= 15 is 0 Å². The molecule has 1 aromatic carbocycles. The van der Waals surface area contributed by atoms with Crippen molar-refractivity contribution in [1.29, 1.82) is 5.26 Å². The van der Waals surface area contributed by atoms with E-state index in [1.54, 1.807) is 0 Å². The zero-order chi connectivity index (χ0) is 17.6. The fourth-order valence-electron chi connectivity index (χ4n) is 2.73. The van der Waals surface area contributed by atoms with Crippen LogP contribution in [-0.2, 0) is 0 Å². The maximum atomic E-state index is 13.1. The third-order valence-corrected chi connectivity index (χ3v) is 4.03. The van der Waals surface area contributed by atoms with Gasteiger partial charge in [0.05, 0.1) is 5.69 Å². The van der Waals surface area contributed by atoms with E-state index < -0.39 is 5.56 Å². The molecule has 130 valence electrons. The Labute approximate surface area is 144 Å². The van der Waals surface area contributed by atoms with Crippen LogP contribution in [0, 0.1) is 17.1 Å². The number of aromatic nitrogens is 2. The lowest BCUT2D eigenvalue weighted by Crippen LogP contribution is -2.25. The summed E-state index contributed by atoms with van der Waals surface area (Å²) in [4.78, 5) is 21.3. The van der Waals surface area contributed by atoms with E-state index in [2.05, 4.69) is 25.5 Å². The molecule has 0 unspecified atom stereocenters. The summed E-state index contributed by atoms with van der Waals surface area (Å²) in [6, 6.07) is 7.42. The van der Waals surface area contributed by atoms with Crippen LogP contribution in [0.25, 0.3) is 11.3 Å². The van der Waals surface area contributed by atoms with Crippen LogP contribution in [0.4, 0.5) is 10.3 Å². The van der Waals surface area contributed by atoms with Gasteiger partial charge < -0.3 is 10.6 Å². The average Bonchev–Trinajstić information content (AvgIpc) is 3.12. The SMILES string of the molecule is N#Cc1c(-c2ccc(F)cc2)nc(NCCCN2CCNC2)[nH]c1=O. The first kappa shape index (κ1) is 17.1. The molecule has 0 atom stereocenters. The van der Waals surface area contributed by atoms with Crippen molar-refractivity contribution in [2.75, 3.05) is 38.2 Å². The van der Waals surface area contributed by atoms with Crippen LogP contribution < -0.4 is 16.2 Å². The number of aromatic amines is 1. The highest BCUT2D eigenvalue weighted by Gasteiger charge is 2.14. The lowest BCUT2D eigenvalue weighted by atomic mass is 10.1. The predicted octanol–water partition coefficient (Wildman–Crippen LogP) is 1.11. The lowest BCUT2D eigenvalue weighted by molar-refractivity contribution is 0.333. The van der Waals surface area contributed by atoms with E-state index in [4.69, 9.17) is 0 Å². The molecule has 2 heterocycles. The number of nitriles is 1. The second-order valence-corrected chi connectivity index (χ2v) is 5.81. The van der Waals surface area contributed by atoms with E-state index in [-0.39, 0.29) is 17.1 Å². The number of H-pyrrole nitrogens is 1. The maximum absolute atomic E-state index is 13.1. The molecule has 25 heavy (non-hydrogen) atoms. The van der Waals surface area contributed by atoms with Gasteiger partial charge in [-0.3, -0.25) is 14.7 Å². The summed E-state index contributed by atoms with van der Waals surface area (Å²) < 4.78 is 13.1. The molecule has 0 amide bonds. The molecule has 2 aromatic rings. The Morgan fingerprint density at radius 1 is 1.36 bits per heavy atom. The minimum Gasteiger partial charge on any atom is -0.356 e. The molecular formula is C17H19FN6O. The van der Waals surface area contributed by atoms with E-state index in [9.17, 15) is 14.4 Å². The van der Waals surface area contributed by atoms with Crippen LogP contribution in [0.15, 0.2) is 29.1 Å². The largest absolute Gasteiger partial charge is 0.356 e. The molecule has 3 rings (SSSR count). The Balaban J connectivity index is 1.73. The second-order valence-electron chi connectivity index (χ2n) is 5.81. The van der Waals surface area contributed by atoms with Crippen molar-refractivity contribution in [1.82, 2.24) is 20.2 Å². The average molecular weight is 342 g/mol. The first-order chi connectivity index (χ1) is 12.2. The van der Waals surface area contributed by atoms with Gasteiger partial charge in [-0.25, -0.2) is 9.37 Å². The highest BCUT2D eigenvalue weighted by molar-refractivity contribution is 5.67. The number of hydrogen-bond donors (Lipinski definition) is 3. The van der Waals surface area contributed by atoms with Crippen molar-refractivity contribution in [3.63, 3.8) is 0 Å². The summed E-state index contributed by atoms with van der Waals surface area (Å²) in [5.41, 5.74) is 0.177. The van der Waals surface area contributed by atoms with E-state index in [1.165, 1.54) is 24.3 Å². The standard InChI is InChI=1S/C17H19FN6O/c18-13-4-2-12(3-5-13)15-14(10-19)16(25)23-17(22-15)21-6-1-8-24-9-7-20-11-24/h2-5,20H,1,6-9,11H2,(H2,21,22,23,25). The van der Waals surface area contributed by atoms with Crippen molar-refractivity contribution in [2.24, 2.45) is 0 Å². The zero-order valence-corrected chi connectivity index (χ0v) is 13.7. The molecule has 7 nitrogen and oxygen atoms in total. The van der Waals surface area contributed by atoms with Gasteiger partial charge in [0.1, 0.15) is 17.4 Å². The van der Waals surface area contributed by atoms with E-state index in [0.717, 1.165) is 32.7 Å². The van der Waals surface area contributed by atoms with Gasteiger partial charge in [0, 0.05) is 38.4 Å². The Hall–Kier alpha value is -2.76. The van der Waals surface area contributed by atoms with Crippen LogP contribution in [0.5, 0.6) is 0 Å². The van der Waals surface area contributed by atoms with Crippen molar-refractivity contribution in [2.45, 2.75) is 6.42 Å². The Kier molecular flexibility index (Phi) is 5.38. The Morgan fingerprint density at radius 3 is 2.84 bits per heavy atom. The van der Waals surface area contributed by atoms with Crippen LogP contribution in [-0.4, -0.2) is 47.7 Å². The summed E-state index contributed by atoms with van der Waals surface area (Å²) in [5.74, 6) is -0.0790. The molecule has 0 aliphatic carbocycles. The fraction of sp³-hybridized carbons (Fsp3) is 0.353. The van der Waals surface area contributed by atoms with Gasteiger partial charge in [0.2, 0.25) is 5.95 Å². The van der Waals surface area contributed by atoms with Crippen LogP contribution in [0.2, 0.25) is 0 Å². The summed E-state index contributed by atoms with van der Waals surface area (Å²) in [6.45, 7) is 4.56. The molecule has 0 saturated carbocycles. The van der Waals surface area contributed by atoms with Crippen LogP contribution in [0.3, 0.4) is 0 Å². The molecule has 0 radical (unpaired) electrons. The van der Waals surface area contributed by atoms with Gasteiger partial charge in [-0.2, -0.15) is 5.26 Å². The zero-order valence-electron chi connectivity index (χ0n) is 13.7. The summed E-state index contributed by atoms with van der Waals surface area (Å²) in [5, 5.41) is 15.6. The summed E-state index contributed by atoms with van der Waals surface area (Å²) >= 11 is 0. The minimum absolute atomic E-state index is 0.0831. The first-order valence-corrected chi connectivity index (χ1v) is 8.14. The smallest absolute Gasteiger partial charge is 0.270 e. The van der Waals surface area contributed by atoms with Crippen LogP contribution in [0.1, 0.15) is 12.0 Å². The van der Waals surface area contributed by atoms with Gasteiger partial charge in [-0.1, -0.05) is 0 Å². The Morgan fingerprint density at radius 2 is 2.16 bits per heavy atom. The number of hydrogen-bond acceptors (Lipinski definition) is 6. The number of halogens is 1. The van der Waals surface area contributed by atoms with Crippen LogP contribution >= 0.6 is 0 Å². The second kappa shape index (κ2) is 7.88. The molecule has 8 heteroatoms. The number of rotatable bonds is 6. The topological polar surface area (TPSA) is 96.8 Å². The molecular weight excluding hydrogens is 323 g/mol. The van der Waals surface area contributed by atoms with Gasteiger partial charge in [-0.15, -0.1) is 0 Å². The summed E-state index contributed by atoms with van der Waals surface area (Å²) in [6.07, 6.45) is 0.900. The molecule has 1 saturated heterocycles. The number of nitrogens with zero attached hydrogens (tertiary/aromatic N) is 3. The number of benzene rings is 1. The molecule has 1 aromatic heterocycles. The van der Waals surface area contributed by atoms with Gasteiger partial charge >= 0.3 is 0 Å². The molecule has 3 N–H and O–H groups in total. The van der Waals surface area contributed by atoms with E-state index in [1.807, 2.05) is 6.07 Å². The van der Waals surface area contributed by atoms with Gasteiger partial charge in [0.25, 0.3) is 5.56 Å². The molecule has 0 spiro atoms. The maximum Gasteiger partial charge on any atom is 0.270 e. The summed E-state index contributed by atoms with van der Waals surface area (Å²) in [7, 11) is 0. The molecule has 1 aliphatic rings. The highest BCUT2D eigenvalue weighted by Crippen LogP contribution is 2.20. The van der Waals surface area contributed by atoms with Gasteiger partial charge in [-0.05, 0) is 30.7 Å². The monoisotopic (exact) mass is 342 g/mol. The lowest BCUT2D eigenvalue weighted by Gasteiger charge is -2.14. The van der Waals surface area contributed by atoms with Crippen molar-refractivity contribution in [3.8, 4) is 17.3 Å². The third kappa shape index (κ3) is 4.21. The minimum atomic E-state index is -0.511. The van der Waals surface area contributed by atoms with Crippen molar-refractivity contribution >= 4 is 5.95 Å². The molecule has 0 bridgehead atoms.